The predicted octanol–water partition coefficient (Wildman–Crippen LogP) is 5.68. The van der Waals surface area contributed by atoms with Gasteiger partial charge in [0.25, 0.3) is 5.69 Å². The van der Waals surface area contributed by atoms with Crippen LogP contribution in [0.5, 0.6) is 0 Å². The van der Waals surface area contributed by atoms with Crippen LogP contribution in [0.3, 0.4) is 0 Å². The molecule has 4 nitrogen and oxygen atoms in total. The molecule has 0 bridgehead atoms. The maximum absolute atomic E-state index is 11.4. The molecular weight excluding hydrogens is 338 g/mol. The van der Waals surface area contributed by atoms with Gasteiger partial charge in [-0.25, -0.2) is 0 Å². The minimum atomic E-state index is -1.94. The number of hydrogen-bond acceptors (Lipinski definition) is 4. The Hall–Kier alpha value is -1.11. The SMILES string of the molecule is CCCC(Cc1c(C=S)cccc1[N+](=O)[O-])O[Si](C)(C)C(C)(C)C. The summed E-state index contributed by atoms with van der Waals surface area (Å²) >= 11 is 5.06. The quantitative estimate of drug-likeness (QED) is 0.257. The Morgan fingerprint density at radius 2 is 2.00 bits per heavy atom. The lowest BCUT2D eigenvalue weighted by Crippen LogP contribution is -2.44. The molecule has 0 amide bonds. The van der Waals surface area contributed by atoms with Crippen molar-refractivity contribution < 1.29 is 9.35 Å². The molecule has 0 radical (unpaired) electrons. The summed E-state index contributed by atoms with van der Waals surface area (Å²) in [4.78, 5) is 11.1. The van der Waals surface area contributed by atoms with Crippen LogP contribution in [0.1, 0.15) is 51.7 Å². The fourth-order valence-corrected chi connectivity index (χ4v) is 4.05. The van der Waals surface area contributed by atoms with Gasteiger partial charge < -0.3 is 4.43 Å². The largest absolute Gasteiger partial charge is 0.414 e. The van der Waals surface area contributed by atoms with E-state index in [1.54, 1.807) is 12.1 Å². The molecule has 0 spiro atoms. The van der Waals surface area contributed by atoms with E-state index in [9.17, 15) is 10.1 Å². The molecule has 0 saturated heterocycles. The van der Waals surface area contributed by atoms with E-state index < -0.39 is 8.32 Å². The third-order valence-corrected chi connectivity index (χ3v) is 9.61. The monoisotopic (exact) mass is 367 g/mol. The van der Waals surface area contributed by atoms with Crippen LogP contribution in [-0.2, 0) is 10.8 Å². The first-order chi connectivity index (χ1) is 11.0. The Kier molecular flexibility index (Phi) is 7.25. The van der Waals surface area contributed by atoms with Crippen LogP contribution in [0.4, 0.5) is 5.69 Å². The molecule has 1 unspecified atom stereocenters. The van der Waals surface area contributed by atoms with Gasteiger partial charge in [-0.15, -0.1) is 0 Å². The van der Waals surface area contributed by atoms with Gasteiger partial charge in [-0.3, -0.25) is 10.1 Å². The summed E-state index contributed by atoms with van der Waals surface area (Å²) in [6, 6.07) is 5.07. The molecule has 24 heavy (non-hydrogen) atoms. The molecule has 0 saturated carbocycles. The molecule has 1 aromatic rings. The van der Waals surface area contributed by atoms with Crippen molar-refractivity contribution in [3.63, 3.8) is 0 Å². The fraction of sp³-hybridized carbons (Fsp3) is 0.611. The summed E-state index contributed by atoms with van der Waals surface area (Å²) < 4.78 is 6.55. The Balaban J connectivity index is 3.18. The van der Waals surface area contributed by atoms with Crippen molar-refractivity contribution in [1.29, 1.82) is 0 Å². The summed E-state index contributed by atoms with van der Waals surface area (Å²) in [5.41, 5.74) is 1.57. The Labute approximate surface area is 151 Å². The van der Waals surface area contributed by atoms with Gasteiger partial charge in [0.1, 0.15) is 0 Å². The maximum atomic E-state index is 11.4. The van der Waals surface area contributed by atoms with E-state index in [0.29, 0.717) is 12.0 Å². The number of nitro groups is 1. The molecule has 1 rings (SSSR count). The van der Waals surface area contributed by atoms with Gasteiger partial charge in [-0.1, -0.05) is 58.5 Å². The van der Waals surface area contributed by atoms with Crippen molar-refractivity contribution in [2.45, 2.75) is 71.2 Å². The number of hydrogen-bond donors (Lipinski definition) is 0. The van der Waals surface area contributed by atoms with E-state index >= 15 is 0 Å². The van der Waals surface area contributed by atoms with Crippen LogP contribution < -0.4 is 0 Å². The topological polar surface area (TPSA) is 52.4 Å². The van der Waals surface area contributed by atoms with Crippen LogP contribution in [0.2, 0.25) is 18.1 Å². The number of thiocarbonyl (C=S) groups is 1. The average Bonchev–Trinajstić information content (AvgIpc) is 2.45. The molecule has 0 N–H and O–H groups in total. The van der Waals surface area contributed by atoms with Crippen LogP contribution in [-0.4, -0.2) is 24.7 Å². The first kappa shape index (κ1) is 20.9. The average molecular weight is 368 g/mol. The summed E-state index contributed by atoms with van der Waals surface area (Å²) in [5.74, 6) is 0. The zero-order chi connectivity index (χ0) is 18.5. The normalized spacial score (nSPS) is 13.6. The van der Waals surface area contributed by atoms with E-state index in [1.807, 2.05) is 6.07 Å². The Morgan fingerprint density at radius 3 is 2.46 bits per heavy atom. The van der Waals surface area contributed by atoms with E-state index in [-0.39, 0.29) is 21.8 Å². The lowest BCUT2D eigenvalue weighted by molar-refractivity contribution is -0.385. The van der Waals surface area contributed by atoms with E-state index in [1.165, 1.54) is 5.37 Å². The van der Waals surface area contributed by atoms with Crippen molar-refractivity contribution in [2.75, 3.05) is 0 Å². The summed E-state index contributed by atoms with van der Waals surface area (Å²) in [5, 5.41) is 13.0. The highest BCUT2D eigenvalue weighted by atomic mass is 32.1. The number of benzene rings is 1. The van der Waals surface area contributed by atoms with Gasteiger partial charge in [0.2, 0.25) is 0 Å². The molecule has 0 aliphatic rings. The van der Waals surface area contributed by atoms with Gasteiger partial charge in [-0.2, -0.15) is 0 Å². The second-order valence-electron chi connectivity index (χ2n) is 7.71. The minimum absolute atomic E-state index is 0.0225. The minimum Gasteiger partial charge on any atom is -0.414 e. The van der Waals surface area contributed by atoms with Crippen LogP contribution in [0.15, 0.2) is 18.2 Å². The van der Waals surface area contributed by atoms with Gasteiger partial charge in [0, 0.05) is 29.5 Å². The van der Waals surface area contributed by atoms with Gasteiger partial charge in [-0.05, 0) is 30.1 Å². The standard InChI is InChI=1S/C18H29NO3SSi/c1-7-9-15(22-24(5,6)18(2,3)4)12-16-14(13-23)10-8-11-17(16)19(20)21/h8,10-11,13,15H,7,9,12H2,1-6H3. The molecule has 0 heterocycles. The van der Waals surface area contributed by atoms with Gasteiger partial charge >= 0.3 is 0 Å². The molecule has 1 aromatic carbocycles. The van der Waals surface area contributed by atoms with Gasteiger partial charge in [0.15, 0.2) is 8.32 Å². The summed E-state index contributed by atoms with van der Waals surface area (Å²) in [6.07, 6.45) is 2.37. The third kappa shape index (κ3) is 5.19. The van der Waals surface area contributed by atoms with E-state index in [4.69, 9.17) is 16.6 Å². The summed E-state index contributed by atoms with van der Waals surface area (Å²) in [6.45, 7) is 13.2. The number of rotatable bonds is 8. The summed E-state index contributed by atoms with van der Waals surface area (Å²) in [7, 11) is -1.94. The second kappa shape index (κ2) is 8.32. The van der Waals surface area contributed by atoms with Gasteiger partial charge in [0.05, 0.1) is 4.92 Å². The van der Waals surface area contributed by atoms with Crippen LogP contribution >= 0.6 is 12.2 Å². The molecular formula is C18H29NO3SSi. The van der Waals surface area contributed by atoms with Crippen LogP contribution in [0.25, 0.3) is 0 Å². The lowest BCUT2D eigenvalue weighted by Gasteiger charge is -2.39. The molecule has 0 aromatic heterocycles. The highest BCUT2D eigenvalue weighted by Gasteiger charge is 2.39. The molecule has 6 heteroatoms. The first-order valence-electron chi connectivity index (χ1n) is 8.42. The Bertz CT molecular complexity index is 596. The molecule has 1 atom stereocenters. The van der Waals surface area contributed by atoms with Crippen molar-refractivity contribution in [3.8, 4) is 0 Å². The van der Waals surface area contributed by atoms with E-state index in [0.717, 1.165) is 18.4 Å². The number of nitrogens with zero attached hydrogens (tertiary/aromatic N) is 1. The maximum Gasteiger partial charge on any atom is 0.273 e. The zero-order valence-electron chi connectivity index (χ0n) is 15.6. The van der Waals surface area contributed by atoms with Crippen molar-refractivity contribution in [3.05, 3.63) is 39.4 Å². The highest BCUT2D eigenvalue weighted by Crippen LogP contribution is 2.38. The van der Waals surface area contributed by atoms with Crippen molar-refractivity contribution in [1.82, 2.24) is 0 Å². The van der Waals surface area contributed by atoms with E-state index in [2.05, 4.69) is 40.8 Å². The second-order valence-corrected chi connectivity index (χ2v) is 12.7. The smallest absolute Gasteiger partial charge is 0.273 e. The molecule has 0 aliphatic heterocycles. The molecule has 0 aliphatic carbocycles. The predicted molar refractivity (Wildman–Crippen MR) is 107 cm³/mol. The third-order valence-electron chi connectivity index (χ3n) is 4.82. The molecule has 0 fully saturated rings. The van der Waals surface area contributed by atoms with Crippen molar-refractivity contribution >= 4 is 31.6 Å². The van der Waals surface area contributed by atoms with Crippen molar-refractivity contribution in [2.24, 2.45) is 0 Å². The molecule has 134 valence electrons. The Morgan fingerprint density at radius 1 is 1.38 bits per heavy atom. The lowest BCUT2D eigenvalue weighted by atomic mass is 9.98. The number of nitro benzene ring substituents is 1. The zero-order valence-corrected chi connectivity index (χ0v) is 17.4. The first-order valence-corrected chi connectivity index (χ1v) is 11.8. The highest BCUT2D eigenvalue weighted by molar-refractivity contribution is 7.79. The van der Waals surface area contributed by atoms with Crippen LogP contribution in [0, 0.1) is 10.1 Å². The fourth-order valence-electron chi connectivity index (χ4n) is 2.44.